The molecule has 0 fully saturated rings. The maximum absolute atomic E-state index is 13.0. The SMILES string of the molecule is COc1ccccc1CN(Cc1cccs1)C(=O)C=Cc1nc2ccccc2s1. The molecule has 1 amide bonds. The van der Waals surface area contributed by atoms with Crippen molar-refractivity contribution in [1.82, 2.24) is 9.88 Å². The topological polar surface area (TPSA) is 42.4 Å². The van der Waals surface area contributed by atoms with Gasteiger partial charge in [0.05, 0.1) is 23.9 Å². The number of methoxy groups -OCH3 is 1. The highest BCUT2D eigenvalue weighted by atomic mass is 32.1. The van der Waals surface area contributed by atoms with Crippen LogP contribution >= 0.6 is 22.7 Å². The normalized spacial score (nSPS) is 11.2. The minimum Gasteiger partial charge on any atom is -0.496 e. The molecular formula is C23H20N2O2S2. The Kier molecular flexibility index (Phi) is 6.03. The van der Waals surface area contributed by atoms with Crippen LogP contribution in [-0.2, 0) is 17.9 Å². The largest absolute Gasteiger partial charge is 0.496 e. The molecule has 0 saturated carbocycles. The van der Waals surface area contributed by atoms with Gasteiger partial charge in [-0.05, 0) is 35.7 Å². The number of para-hydroxylation sites is 2. The third-order valence-corrected chi connectivity index (χ3v) is 6.33. The Morgan fingerprint density at radius 1 is 1.07 bits per heavy atom. The Morgan fingerprint density at radius 3 is 2.69 bits per heavy atom. The molecule has 29 heavy (non-hydrogen) atoms. The van der Waals surface area contributed by atoms with E-state index in [-0.39, 0.29) is 5.91 Å². The number of fused-ring (bicyclic) bond motifs is 1. The standard InChI is InChI=1S/C23H20N2O2S2/c1-27-20-10-4-2-7-17(20)15-25(16-18-8-6-14-28-18)23(26)13-12-22-24-19-9-3-5-11-21(19)29-22/h2-14H,15-16H2,1H3. The quantitative estimate of drug-likeness (QED) is 0.365. The summed E-state index contributed by atoms with van der Waals surface area (Å²) < 4.78 is 6.58. The van der Waals surface area contributed by atoms with Crippen LogP contribution in [0.5, 0.6) is 5.75 Å². The number of rotatable bonds is 7. The zero-order valence-electron chi connectivity index (χ0n) is 15.9. The Balaban J connectivity index is 1.56. The van der Waals surface area contributed by atoms with Crippen LogP contribution < -0.4 is 4.74 Å². The molecule has 0 bridgehead atoms. The number of hydrogen-bond acceptors (Lipinski definition) is 5. The fourth-order valence-corrected chi connectivity index (χ4v) is 4.64. The zero-order chi connectivity index (χ0) is 20.1. The number of nitrogens with zero attached hydrogens (tertiary/aromatic N) is 2. The molecule has 0 spiro atoms. The van der Waals surface area contributed by atoms with Crippen LogP contribution in [0.25, 0.3) is 16.3 Å². The van der Waals surface area contributed by atoms with Gasteiger partial charge in [0.1, 0.15) is 10.8 Å². The van der Waals surface area contributed by atoms with E-state index >= 15 is 0 Å². The molecule has 0 radical (unpaired) electrons. The summed E-state index contributed by atoms with van der Waals surface area (Å²) in [5.41, 5.74) is 1.93. The minimum absolute atomic E-state index is 0.0523. The first-order valence-electron chi connectivity index (χ1n) is 9.20. The number of carbonyl (C=O) groups is 1. The van der Waals surface area contributed by atoms with Gasteiger partial charge >= 0.3 is 0 Å². The van der Waals surface area contributed by atoms with E-state index in [9.17, 15) is 4.79 Å². The van der Waals surface area contributed by atoms with Gasteiger partial charge in [0.15, 0.2) is 0 Å². The van der Waals surface area contributed by atoms with Crippen LogP contribution in [0.4, 0.5) is 0 Å². The van der Waals surface area contributed by atoms with Crippen molar-refractivity contribution in [3.8, 4) is 5.75 Å². The molecule has 4 rings (SSSR count). The van der Waals surface area contributed by atoms with Gasteiger partial charge in [-0.2, -0.15) is 0 Å². The number of benzene rings is 2. The molecule has 0 saturated heterocycles. The smallest absolute Gasteiger partial charge is 0.247 e. The van der Waals surface area contributed by atoms with E-state index in [2.05, 4.69) is 4.98 Å². The summed E-state index contributed by atoms with van der Waals surface area (Å²) in [5.74, 6) is 0.732. The molecule has 6 heteroatoms. The van der Waals surface area contributed by atoms with Crippen molar-refractivity contribution in [1.29, 1.82) is 0 Å². The van der Waals surface area contributed by atoms with Gasteiger partial charge in [0.25, 0.3) is 0 Å². The second-order valence-electron chi connectivity index (χ2n) is 6.44. The van der Waals surface area contributed by atoms with Gasteiger partial charge < -0.3 is 9.64 Å². The van der Waals surface area contributed by atoms with Crippen molar-refractivity contribution in [3.63, 3.8) is 0 Å². The van der Waals surface area contributed by atoms with Crippen molar-refractivity contribution < 1.29 is 9.53 Å². The first-order chi connectivity index (χ1) is 14.2. The number of hydrogen-bond donors (Lipinski definition) is 0. The van der Waals surface area contributed by atoms with E-state index in [0.29, 0.717) is 13.1 Å². The highest BCUT2D eigenvalue weighted by molar-refractivity contribution is 7.19. The summed E-state index contributed by atoms with van der Waals surface area (Å²) in [5, 5.41) is 2.85. The lowest BCUT2D eigenvalue weighted by Crippen LogP contribution is -2.28. The third kappa shape index (κ3) is 4.72. The number of amides is 1. The van der Waals surface area contributed by atoms with Crippen molar-refractivity contribution in [2.24, 2.45) is 0 Å². The average molecular weight is 421 g/mol. The lowest BCUT2D eigenvalue weighted by molar-refractivity contribution is -0.127. The fraction of sp³-hybridized carbons (Fsp3) is 0.130. The van der Waals surface area contributed by atoms with Gasteiger partial charge in [-0.15, -0.1) is 22.7 Å². The first kappa shape index (κ1) is 19.4. The van der Waals surface area contributed by atoms with Gasteiger partial charge in [-0.1, -0.05) is 36.4 Å². The molecule has 2 heterocycles. The summed E-state index contributed by atoms with van der Waals surface area (Å²) in [6, 6.07) is 19.8. The van der Waals surface area contributed by atoms with Crippen molar-refractivity contribution in [3.05, 3.63) is 87.6 Å². The highest BCUT2D eigenvalue weighted by Crippen LogP contribution is 2.24. The molecule has 4 nitrogen and oxygen atoms in total. The Bertz CT molecular complexity index is 1100. The van der Waals surface area contributed by atoms with Crippen molar-refractivity contribution >= 4 is 44.9 Å². The number of thiazole rings is 1. The van der Waals surface area contributed by atoms with Crippen LogP contribution in [0, 0.1) is 0 Å². The summed E-state index contributed by atoms with van der Waals surface area (Å²) in [6.07, 6.45) is 3.41. The zero-order valence-corrected chi connectivity index (χ0v) is 17.6. The molecule has 4 aromatic rings. The van der Waals surface area contributed by atoms with E-state index in [0.717, 1.165) is 31.4 Å². The minimum atomic E-state index is -0.0523. The van der Waals surface area contributed by atoms with E-state index in [4.69, 9.17) is 4.74 Å². The second-order valence-corrected chi connectivity index (χ2v) is 8.53. The molecular weight excluding hydrogens is 400 g/mol. The summed E-state index contributed by atoms with van der Waals surface area (Å²) in [4.78, 5) is 20.6. The molecule has 0 N–H and O–H groups in total. The average Bonchev–Trinajstić information content (AvgIpc) is 3.41. The van der Waals surface area contributed by atoms with Gasteiger partial charge in [-0.3, -0.25) is 4.79 Å². The monoisotopic (exact) mass is 420 g/mol. The molecule has 146 valence electrons. The van der Waals surface area contributed by atoms with Crippen molar-refractivity contribution in [2.75, 3.05) is 7.11 Å². The predicted molar refractivity (Wildman–Crippen MR) is 120 cm³/mol. The number of thiophene rings is 1. The first-order valence-corrected chi connectivity index (χ1v) is 10.9. The van der Waals surface area contributed by atoms with E-state index < -0.39 is 0 Å². The maximum Gasteiger partial charge on any atom is 0.247 e. The van der Waals surface area contributed by atoms with E-state index in [1.165, 1.54) is 0 Å². The molecule has 2 aromatic heterocycles. The van der Waals surface area contributed by atoms with Gasteiger partial charge in [-0.25, -0.2) is 4.98 Å². The molecule has 0 aliphatic heterocycles. The van der Waals surface area contributed by atoms with Crippen LogP contribution in [0.1, 0.15) is 15.4 Å². The molecule has 0 aliphatic carbocycles. The summed E-state index contributed by atoms with van der Waals surface area (Å²) in [7, 11) is 1.65. The summed E-state index contributed by atoms with van der Waals surface area (Å²) in [6.45, 7) is 1.03. The van der Waals surface area contributed by atoms with Crippen LogP contribution in [-0.4, -0.2) is 22.9 Å². The van der Waals surface area contributed by atoms with Gasteiger partial charge in [0, 0.05) is 23.1 Å². The second kappa shape index (κ2) is 9.03. The lowest BCUT2D eigenvalue weighted by atomic mass is 10.2. The predicted octanol–water partition coefficient (Wildman–Crippen LogP) is 5.61. The Labute approximate surface area is 177 Å². The number of ether oxygens (including phenoxy) is 1. The Morgan fingerprint density at radius 2 is 1.90 bits per heavy atom. The van der Waals surface area contributed by atoms with E-state index in [1.807, 2.05) is 70.9 Å². The number of carbonyl (C=O) groups excluding carboxylic acids is 1. The lowest BCUT2D eigenvalue weighted by Gasteiger charge is -2.22. The molecule has 0 atom stereocenters. The molecule has 0 aliphatic rings. The Hall–Kier alpha value is -2.96. The van der Waals surface area contributed by atoms with Gasteiger partial charge in [0.2, 0.25) is 5.91 Å². The molecule has 0 unspecified atom stereocenters. The third-order valence-electron chi connectivity index (χ3n) is 4.47. The summed E-state index contributed by atoms with van der Waals surface area (Å²) >= 11 is 3.23. The van der Waals surface area contributed by atoms with Crippen LogP contribution in [0.2, 0.25) is 0 Å². The van der Waals surface area contributed by atoms with Crippen LogP contribution in [0.3, 0.4) is 0 Å². The van der Waals surface area contributed by atoms with Crippen molar-refractivity contribution in [2.45, 2.75) is 13.1 Å². The van der Waals surface area contributed by atoms with E-state index in [1.54, 1.807) is 41.9 Å². The van der Waals surface area contributed by atoms with Crippen LogP contribution in [0.15, 0.2) is 72.1 Å². The fourth-order valence-electron chi connectivity index (χ4n) is 3.05. The highest BCUT2D eigenvalue weighted by Gasteiger charge is 2.15. The molecule has 2 aromatic carbocycles. The maximum atomic E-state index is 13.0. The number of aromatic nitrogens is 1.